The molecule has 0 unspecified atom stereocenters. The van der Waals surface area contributed by atoms with Gasteiger partial charge in [-0.3, -0.25) is 0 Å². The summed E-state index contributed by atoms with van der Waals surface area (Å²) in [4.78, 5) is 13.7. The molecule has 2 aromatic rings. The van der Waals surface area contributed by atoms with Gasteiger partial charge in [-0.15, -0.1) is 0 Å². The maximum absolute atomic E-state index is 5.96. The highest BCUT2D eigenvalue weighted by Crippen LogP contribution is 2.32. The highest BCUT2D eigenvalue weighted by molar-refractivity contribution is 6.29. The summed E-state index contributed by atoms with van der Waals surface area (Å²) in [6, 6.07) is 1.84. The summed E-state index contributed by atoms with van der Waals surface area (Å²) in [6.45, 7) is 1.68. The van der Waals surface area contributed by atoms with E-state index < -0.39 is 0 Å². The summed E-state index contributed by atoms with van der Waals surface area (Å²) in [5, 5.41) is 0.473. The zero-order chi connectivity index (χ0) is 12.5. The Morgan fingerprint density at radius 2 is 2.33 bits per heavy atom. The van der Waals surface area contributed by atoms with Gasteiger partial charge in [-0.1, -0.05) is 11.6 Å². The molecule has 0 saturated carbocycles. The summed E-state index contributed by atoms with van der Waals surface area (Å²) in [5.41, 5.74) is 3.26. The predicted octanol–water partition coefficient (Wildman–Crippen LogP) is 2.03. The number of pyridine rings is 1. The third-order valence-corrected chi connectivity index (χ3v) is 3.36. The molecular formula is C12H13ClN4O. The fraction of sp³-hybridized carbons (Fsp3) is 0.333. The molecule has 6 heteroatoms. The Morgan fingerprint density at radius 3 is 3.17 bits per heavy atom. The first-order chi connectivity index (χ1) is 8.78. The number of methoxy groups -OCH3 is 1. The number of hydrogen-bond donors (Lipinski definition) is 1. The van der Waals surface area contributed by atoms with Crippen LogP contribution in [-0.2, 0) is 13.0 Å². The number of ether oxygens (including phenoxy) is 1. The Labute approximate surface area is 110 Å². The van der Waals surface area contributed by atoms with Gasteiger partial charge < -0.3 is 14.6 Å². The lowest BCUT2D eigenvalue weighted by Gasteiger charge is -2.29. The SMILES string of the molecule is COc1cnc(Cl)cc1N1CCc2nc[nH]c2C1. The van der Waals surface area contributed by atoms with Gasteiger partial charge in [0.25, 0.3) is 0 Å². The number of anilines is 1. The molecule has 3 rings (SSSR count). The van der Waals surface area contributed by atoms with Crippen molar-refractivity contribution in [1.82, 2.24) is 15.0 Å². The molecule has 0 bridgehead atoms. The van der Waals surface area contributed by atoms with Gasteiger partial charge in [0.05, 0.1) is 43.3 Å². The van der Waals surface area contributed by atoms with E-state index in [-0.39, 0.29) is 0 Å². The number of aromatic amines is 1. The van der Waals surface area contributed by atoms with E-state index in [1.807, 2.05) is 6.07 Å². The number of imidazole rings is 1. The maximum atomic E-state index is 5.96. The third-order valence-electron chi connectivity index (χ3n) is 3.15. The molecule has 3 heterocycles. The molecule has 0 fully saturated rings. The molecule has 0 saturated heterocycles. The molecule has 1 aliphatic rings. The molecule has 5 nitrogen and oxygen atoms in total. The van der Waals surface area contributed by atoms with Crippen LogP contribution in [0.1, 0.15) is 11.4 Å². The van der Waals surface area contributed by atoms with E-state index in [9.17, 15) is 0 Å². The first-order valence-electron chi connectivity index (χ1n) is 5.73. The van der Waals surface area contributed by atoms with Gasteiger partial charge in [0.15, 0.2) is 5.75 Å². The monoisotopic (exact) mass is 264 g/mol. The second kappa shape index (κ2) is 4.49. The van der Waals surface area contributed by atoms with Gasteiger partial charge in [-0.25, -0.2) is 9.97 Å². The zero-order valence-electron chi connectivity index (χ0n) is 9.98. The maximum Gasteiger partial charge on any atom is 0.160 e. The summed E-state index contributed by atoms with van der Waals surface area (Å²) < 4.78 is 5.33. The molecule has 0 aromatic carbocycles. The van der Waals surface area contributed by atoms with Gasteiger partial charge in [-0.2, -0.15) is 0 Å². The van der Waals surface area contributed by atoms with Gasteiger partial charge >= 0.3 is 0 Å². The second-order valence-corrected chi connectivity index (χ2v) is 4.57. The van der Waals surface area contributed by atoms with Crippen LogP contribution in [-0.4, -0.2) is 28.6 Å². The number of H-pyrrole nitrogens is 1. The Hall–Kier alpha value is -1.75. The lowest BCUT2D eigenvalue weighted by Crippen LogP contribution is -2.30. The average Bonchev–Trinajstić information content (AvgIpc) is 2.85. The van der Waals surface area contributed by atoms with E-state index in [1.54, 1.807) is 19.6 Å². The van der Waals surface area contributed by atoms with Crippen LogP contribution in [0.4, 0.5) is 5.69 Å². The smallest absolute Gasteiger partial charge is 0.160 e. The Bertz CT molecular complexity index is 569. The second-order valence-electron chi connectivity index (χ2n) is 4.18. The highest BCUT2D eigenvalue weighted by Gasteiger charge is 2.21. The largest absolute Gasteiger partial charge is 0.493 e. The molecule has 1 N–H and O–H groups in total. The first kappa shape index (κ1) is 11.3. The Kier molecular flexibility index (Phi) is 2.83. The normalized spacial score (nSPS) is 14.4. The van der Waals surface area contributed by atoms with E-state index in [2.05, 4.69) is 19.9 Å². The standard InChI is InChI=1S/C12H13ClN4O/c1-18-11-5-14-12(13)4-10(11)17-3-2-8-9(6-17)16-7-15-8/h4-5,7H,2-3,6H2,1H3,(H,15,16). The number of halogens is 1. The van der Waals surface area contributed by atoms with Crippen molar-refractivity contribution in [3.8, 4) is 5.75 Å². The van der Waals surface area contributed by atoms with Crippen molar-refractivity contribution in [3.63, 3.8) is 0 Å². The molecule has 0 aliphatic carbocycles. The van der Waals surface area contributed by atoms with Crippen molar-refractivity contribution in [2.75, 3.05) is 18.6 Å². The molecule has 2 aromatic heterocycles. The number of fused-ring (bicyclic) bond motifs is 1. The lowest BCUT2D eigenvalue weighted by molar-refractivity contribution is 0.412. The number of nitrogens with zero attached hydrogens (tertiary/aromatic N) is 3. The number of aromatic nitrogens is 3. The molecule has 0 atom stereocenters. The topological polar surface area (TPSA) is 54.0 Å². The molecular weight excluding hydrogens is 252 g/mol. The van der Waals surface area contributed by atoms with Crippen LogP contribution >= 0.6 is 11.6 Å². The van der Waals surface area contributed by atoms with Crippen molar-refractivity contribution in [2.24, 2.45) is 0 Å². The third kappa shape index (κ3) is 1.90. The van der Waals surface area contributed by atoms with Crippen LogP contribution < -0.4 is 9.64 Å². The van der Waals surface area contributed by atoms with Crippen molar-refractivity contribution in [3.05, 3.63) is 35.1 Å². The number of rotatable bonds is 2. The predicted molar refractivity (Wildman–Crippen MR) is 69.1 cm³/mol. The van der Waals surface area contributed by atoms with Crippen LogP contribution in [0.3, 0.4) is 0 Å². The van der Waals surface area contributed by atoms with E-state index in [0.717, 1.165) is 42.3 Å². The van der Waals surface area contributed by atoms with Gasteiger partial charge in [0.2, 0.25) is 0 Å². The lowest BCUT2D eigenvalue weighted by atomic mass is 10.1. The minimum Gasteiger partial charge on any atom is -0.493 e. The summed E-state index contributed by atoms with van der Waals surface area (Å²) >= 11 is 5.96. The van der Waals surface area contributed by atoms with Crippen LogP contribution in [0, 0.1) is 0 Å². The number of nitrogens with one attached hydrogen (secondary N) is 1. The summed E-state index contributed by atoms with van der Waals surface area (Å²) in [5.74, 6) is 0.738. The van der Waals surface area contributed by atoms with Crippen molar-refractivity contribution in [1.29, 1.82) is 0 Å². The van der Waals surface area contributed by atoms with Crippen LogP contribution in [0.5, 0.6) is 5.75 Å². The molecule has 1 aliphatic heterocycles. The van der Waals surface area contributed by atoms with Crippen LogP contribution in [0.2, 0.25) is 5.15 Å². The van der Waals surface area contributed by atoms with E-state index in [4.69, 9.17) is 16.3 Å². The molecule has 0 amide bonds. The minimum absolute atomic E-state index is 0.473. The van der Waals surface area contributed by atoms with E-state index in [0.29, 0.717) is 5.15 Å². The quantitative estimate of drug-likeness (QED) is 0.844. The van der Waals surface area contributed by atoms with Crippen molar-refractivity contribution >= 4 is 17.3 Å². The number of hydrogen-bond acceptors (Lipinski definition) is 4. The summed E-state index contributed by atoms with van der Waals surface area (Å²) in [6.07, 6.45) is 4.31. The van der Waals surface area contributed by atoms with Gasteiger partial charge in [0.1, 0.15) is 5.15 Å². The van der Waals surface area contributed by atoms with E-state index in [1.165, 1.54) is 0 Å². The van der Waals surface area contributed by atoms with Crippen molar-refractivity contribution < 1.29 is 4.74 Å². The van der Waals surface area contributed by atoms with Crippen molar-refractivity contribution in [2.45, 2.75) is 13.0 Å². The molecule has 18 heavy (non-hydrogen) atoms. The van der Waals surface area contributed by atoms with E-state index >= 15 is 0 Å². The first-order valence-corrected chi connectivity index (χ1v) is 6.11. The van der Waals surface area contributed by atoms with Crippen LogP contribution in [0.25, 0.3) is 0 Å². The fourth-order valence-corrected chi connectivity index (χ4v) is 2.38. The molecule has 0 radical (unpaired) electrons. The highest BCUT2D eigenvalue weighted by atomic mass is 35.5. The van der Waals surface area contributed by atoms with Crippen LogP contribution in [0.15, 0.2) is 18.6 Å². The fourth-order valence-electron chi connectivity index (χ4n) is 2.23. The minimum atomic E-state index is 0.473. The summed E-state index contributed by atoms with van der Waals surface area (Å²) in [7, 11) is 1.64. The molecule has 94 valence electrons. The average molecular weight is 265 g/mol. The van der Waals surface area contributed by atoms with Gasteiger partial charge in [0, 0.05) is 19.0 Å². The zero-order valence-corrected chi connectivity index (χ0v) is 10.7. The Balaban J connectivity index is 1.94. The Morgan fingerprint density at radius 1 is 1.44 bits per heavy atom. The molecule has 0 spiro atoms. The van der Waals surface area contributed by atoms with Gasteiger partial charge in [-0.05, 0) is 0 Å².